The maximum absolute atomic E-state index is 7.97. The van der Waals surface area contributed by atoms with Crippen molar-refractivity contribution in [3.8, 4) is 11.3 Å². The summed E-state index contributed by atoms with van der Waals surface area (Å²) in [5, 5.41) is 0. The van der Waals surface area contributed by atoms with Crippen LogP contribution < -0.4 is 4.57 Å². The van der Waals surface area contributed by atoms with Crippen LogP contribution in [0.4, 0.5) is 0 Å². The quantitative estimate of drug-likeness (QED) is 0.398. The van der Waals surface area contributed by atoms with Crippen LogP contribution in [0.15, 0.2) is 43.2 Å². The fraction of sp³-hybridized carbons (Fsp3) is 0.133. The van der Waals surface area contributed by atoms with Crippen LogP contribution in [0, 0.1) is 0 Å². The molecular formula is C15H12N5+. The van der Waals surface area contributed by atoms with Gasteiger partial charge in [0.25, 0.3) is 12.0 Å². The van der Waals surface area contributed by atoms with Gasteiger partial charge in [-0.25, -0.2) is 4.57 Å². The molecule has 0 bridgehead atoms. The molecule has 0 radical (unpaired) electrons. The molecule has 0 aliphatic carbocycles. The summed E-state index contributed by atoms with van der Waals surface area (Å²) in [6.07, 6.45) is 8.80. The number of imidazole rings is 2. The molecule has 20 heavy (non-hydrogen) atoms. The molecule has 5 heteroatoms. The Labute approximate surface area is 119 Å². The Morgan fingerprint density at radius 3 is 3.05 bits per heavy atom. The van der Waals surface area contributed by atoms with Crippen molar-refractivity contribution < 1.29 is 8.68 Å². The van der Waals surface area contributed by atoms with Crippen molar-refractivity contribution in [2.75, 3.05) is 0 Å². The van der Waals surface area contributed by atoms with Crippen LogP contribution in [-0.2, 0) is 13.5 Å². The fourth-order valence-corrected chi connectivity index (χ4v) is 3.11. The summed E-state index contributed by atoms with van der Waals surface area (Å²) in [5.41, 5.74) is 5.11. The van der Waals surface area contributed by atoms with Gasteiger partial charge in [0, 0.05) is 41.3 Å². The number of pyridine rings is 2. The normalized spacial score (nSPS) is 15.9. The first kappa shape index (κ1) is 7.79. The van der Waals surface area contributed by atoms with Gasteiger partial charge in [-0.3, -0.25) is 9.97 Å². The standard InChI is InChI=1S/C15H12N5/c1-18-13-7-17-5-3-12(13)20-9-19-8-10-2-4-16-6-11(10)14(19)15(18)20/h2-7,9H,8H2,1H3/q+1/i1D3. The maximum atomic E-state index is 7.97. The van der Waals surface area contributed by atoms with E-state index >= 15 is 0 Å². The van der Waals surface area contributed by atoms with Crippen LogP contribution in [-0.4, -0.2) is 18.9 Å². The smallest absolute Gasteiger partial charge is 0.255 e. The fourth-order valence-electron chi connectivity index (χ4n) is 3.11. The van der Waals surface area contributed by atoms with E-state index in [1.165, 1.54) is 4.57 Å². The van der Waals surface area contributed by atoms with E-state index in [-0.39, 0.29) is 0 Å². The third-order valence-corrected chi connectivity index (χ3v) is 3.98. The molecule has 96 valence electrons. The predicted octanol–water partition coefficient (Wildman–Crippen LogP) is 1.54. The number of rotatable bonds is 0. The number of hydrogen-bond acceptors (Lipinski definition) is 2. The summed E-state index contributed by atoms with van der Waals surface area (Å²) in [5.74, 6) is 0. The molecule has 0 spiro atoms. The zero-order valence-electron chi connectivity index (χ0n) is 13.5. The lowest BCUT2D eigenvalue weighted by Gasteiger charge is -1.95. The molecule has 0 aromatic carbocycles. The highest BCUT2D eigenvalue weighted by Crippen LogP contribution is 2.32. The molecule has 0 unspecified atom stereocenters. The minimum atomic E-state index is -2.29. The summed E-state index contributed by atoms with van der Waals surface area (Å²) in [7, 11) is 0. The second-order valence-corrected chi connectivity index (χ2v) is 5.02. The van der Waals surface area contributed by atoms with Crippen LogP contribution >= 0.6 is 0 Å². The van der Waals surface area contributed by atoms with Crippen LogP contribution in [0.1, 0.15) is 9.68 Å². The van der Waals surface area contributed by atoms with Gasteiger partial charge in [0.05, 0.1) is 11.8 Å². The van der Waals surface area contributed by atoms with Crippen molar-refractivity contribution in [1.29, 1.82) is 0 Å². The Bertz CT molecular complexity index is 1090. The van der Waals surface area contributed by atoms with Crippen molar-refractivity contribution in [3.05, 3.63) is 48.8 Å². The van der Waals surface area contributed by atoms with Crippen molar-refractivity contribution in [3.63, 3.8) is 0 Å². The maximum Gasteiger partial charge on any atom is 0.255 e. The average molecular weight is 265 g/mol. The third kappa shape index (κ3) is 1.02. The van der Waals surface area contributed by atoms with Gasteiger partial charge in [0.15, 0.2) is 5.52 Å². The number of aryl methyl sites for hydroxylation is 1. The number of aromatic nitrogens is 5. The Morgan fingerprint density at radius 1 is 1.20 bits per heavy atom. The topological polar surface area (TPSA) is 39.0 Å². The van der Waals surface area contributed by atoms with Gasteiger partial charge in [0.2, 0.25) is 5.69 Å². The molecule has 4 aromatic heterocycles. The lowest BCUT2D eigenvalue weighted by atomic mass is 10.1. The van der Waals surface area contributed by atoms with E-state index in [1.807, 2.05) is 22.9 Å². The molecule has 0 N–H and O–H groups in total. The van der Waals surface area contributed by atoms with E-state index in [9.17, 15) is 0 Å². The predicted molar refractivity (Wildman–Crippen MR) is 74.2 cm³/mol. The molecule has 1 aliphatic heterocycles. The van der Waals surface area contributed by atoms with Gasteiger partial charge in [-0.2, -0.15) is 4.40 Å². The van der Waals surface area contributed by atoms with E-state index in [0.717, 1.165) is 28.9 Å². The Morgan fingerprint density at radius 2 is 2.10 bits per heavy atom. The molecule has 0 atom stereocenters. The lowest BCUT2D eigenvalue weighted by molar-refractivity contribution is -0.671. The van der Waals surface area contributed by atoms with Gasteiger partial charge in [-0.15, -0.1) is 0 Å². The summed E-state index contributed by atoms with van der Waals surface area (Å²) >= 11 is 0. The van der Waals surface area contributed by atoms with Gasteiger partial charge < -0.3 is 4.57 Å². The van der Waals surface area contributed by atoms with E-state index < -0.39 is 6.98 Å². The van der Waals surface area contributed by atoms with Crippen LogP contribution in [0.25, 0.3) is 27.9 Å². The van der Waals surface area contributed by atoms with Crippen LogP contribution in [0.2, 0.25) is 0 Å². The van der Waals surface area contributed by atoms with Gasteiger partial charge in [-0.1, -0.05) is 0 Å². The summed E-state index contributed by atoms with van der Waals surface area (Å²) in [6, 6.07) is 3.81. The molecule has 1 aliphatic rings. The minimum absolute atomic E-state index is 0.600. The molecular weight excluding hydrogens is 250 g/mol. The first-order chi connectivity index (χ1) is 11.1. The van der Waals surface area contributed by atoms with Crippen molar-refractivity contribution in [2.24, 2.45) is 6.98 Å². The summed E-state index contributed by atoms with van der Waals surface area (Å²) < 4.78 is 29.3. The summed E-state index contributed by atoms with van der Waals surface area (Å²) in [6.45, 7) is -1.56. The van der Waals surface area contributed by atoms with E-state index in [1.54, 1.807) is 24.8 Å². The first-order valence-electron chi connectivity index (χ1n) is 7.88. The minimum Gasteiger partial charge on any atom is -0.303 e. The molecule has 0 fully saturated rings. The molecule has 4 aromatic rings. The van der Waals surface area contributed by atoms with Crippen LogP contribution in [0.5, 0.6) is 0 Å². The molecule has 0 saturated heterocycles. The van der Waals surface area contributed by atoms with Crippen molar-refractivity contribution >= 4 is 16.7 Å². The SMILES string of the molecule is [2H]C([2H])([2H])n1c2cnccc2n2c[n+]3c(c12)-c1cnccc1C3. The molecule has 0 amide bonds. The molecule has 0 saturated carbocycles. The largest absolute Gasteiger partial charge is 0.303 e. The Balaban J connectivity index is 2.02. The van der Waals surface area contributed by atoms with E-state index in [2.05, 4.69) is 14.5 Å². The average Bonchev–Trinajstić information content (AvgIpc) is 3.12. The molecule has 5 nitrogen and oxygen atoms in total. The third-order valence-electron chi connectivity index (χ3n) is 3.98. The zero-order chi connectivity index (χ0) is 15.8. The molecule has 5 heterocycles. The second-order valence-electron chi connectivity index (χ2n) is 5.02. The number of hydrogen-bond donors (Lipinski definition) is 0. The van der Waals surface area contributed by atoms with E-state index in [4.69, 9.17) is 4.11 Å². The highest BCUT2D eigenvalue weighted by molar-refractivity contribution is 5.86. The lowest BCUT2D eigenvalue weighted by Crippen LogP contribution is -2.29. The Kier molecular flexibility index (Phi) is 1.27. The van der Waals surface area contributed by atoms with Crippen molar-refractivity contribution in [1.82, 2.24) is 18.9 Å². The number of nitrogens with zero attached hydrogens (tertiary/aromatic N) is 5. The monoisotopic (exact) mass is 265 g/mol. The first-order valence-corrected chi connectivity index (χ1v) is 6.38. The van der Waals surface area contributed by atoms with Crippen molar-refractivity contribution in [2.45, 2.75) is 6.54 Å². The number of fused-ring (bicyclic) bond motifs is 7. The zero-order valence-corrected chi connectivity index (χ0v) is 10.5. The van der Waals surface area contributed by atoms with Gasteiger partial charge in [0.1, 0.15) is 12.1 Å². The van der Waals surface area contributed by atoms with Gasteiger partial charge in [-0.05, 0) is 6.07 Å². The van der Waals surface area contributed by atoms with Crippen LogP contribution in [0.3, 0.4) is 0 Å². The highest BCUT2D eigenvalue weighted by atomic mass is 15.2. The highest BCUT2D eigenvalue weighted by Gasteiger charge is 2.32. The van der Waals surface area contributed by atoms with Gasteiger partial charge >= 0.3 is 0 Å². The van der Waals surface area contributed by atoms with E-state index in [0.29, 0.717) is 11.2 Å². The summed E-state index contributed by atoms with van der Waals surface area (Å²) in [4.78, 5) is 8.30. The second kappa shape index (κ2) is 3.25. The Hall–Kier alpha value is -2.69. The molecule has 5 rings (SSSR count).